The summed E-state index contributed by atoms with van der Waals surface area (Å²) in [6.45, 7) is 2.26. The number of ether oxygens (including phenoxy) is 4. The van der Waals surface area contributed by atoms with Crippen molar-refractivity contribution in [3.63, 3.8) is 0 Å². The third kappa shape index (κ3) is 6.18. The maximum absolute atomic E-state index is 12.1. The number of nitrogens with zero attached hydrogens (tertiary/aromatic N) is 2. The summed E-state index contributed by atoms with van der Waals surface area (Å²) in [4.78, 5) is 4.39. The van der Waals surface area contributed by atoms with Crippen LogP contribution in [0.4, 0.5) is 5.69 Å². The molecule has 1 aromatic heterocycles. The van der Waals surface area contributed by atoms with Gasteiger partial charge in [0.25, 0.3) is 0 Å². The Balaban J connectivity index is 1.24. The van der Waals surface area contributed by atoms with Gasteiger partial charge in [0.05, 0.1) is 29.9 Å². The van der Waals surface area contributed by atoms with Crippen LogP contribution >= 0.6 is 0 Å². The number of rotatable bonds is 10. The van der Waals surface area contributed by atoms with Gasteiger partial charge in [0.2, 0.25) is 11.8 Å². The van der Waals surface area contributed by atoms with Crippen LogP contribution in [0.5, 0.6) is 28.9 Å². The summed E-state index contributed by atoms with van der Waals surface area (Å²) < 4.78 is 73.3. The number of para-hydroxylation sites is 1. The standard InChI is InChI=1S/C26H27N3O9S2/c1-17-21(11-12-25(27-17)35-13-4-14-39(2,31)32)38-22-6-3-5-20-23(16-36-26(20)22)37-19-9-7-18(8-10-19)29-15-24(30)28-40(29,33)34/h3,5-12,15,23,28,30H,4,13-14,16H2,1-2H3/t23-/m1/s1. The van der Waals surface area contributed by atoms with Gasteiger partial charge in [0.1, 0.15) is 27.9 Å². The van der Waals surface area contributed by atoms with Crippen molar-refractivity contribution in [1.29, 1.82) is 0 Å². The predicted molar refractivity (Wildman–Crippen MR) is 146 cm³/mol. The van der Waals surface area contributed by atoms with Gasteiger partial charge in [-0.05, 0) is 49.7 Å². The second kappa shape index (κ2) is 10.8. The number of benzene rings is 2. The number of fused-ring (bicyclic) bond motifs is 1. The fraction of sp³-hybridized carbons (Fsp3) is 0.269. The topological polar surface area (TPSA) is 154 Å². The van der Waals surface area contributed by atoms with Crippen LogP contribution in [0.3, 0.4) is 0 Å². The van der Waals surface area contributed by atoms with Crippen molar-refractivity contribution in [1.82, 2.24) is 9.71 Å². The molecule has 14 heteroatoms. The smallest absolute Gasteiger partial charge is 0.330 e. The number of aryl methyl sites for hydroxylation is 1. The van der Waals surface area contributed by atoms with Gasteiger partial charge in [-0.25, -0.2) is 22.4 Å². The zero-order valence-electron chi connectivity index (χ0n) is 21.6. The first kappa shape index (κ1) is 27.4. The van der Waals surface area contributed by atoms with E-state index in [2.05, 4.69) is 4.98 Å². The molecule has 3 heterocycles. The average molecular weight is 590 g/mol. The summed E-state index contributed by atoms with van der Waals surface area (Å²) in [6, 6.07) is 15.3. The highest BCUT2D eigenvalue weighted by Crippen LogP contribution is 2.44. The maximum atomic E-state index is 12.1. The van der Waals surface area contributed by atoms with E-state index in [4.69, 9.17) is 18.9 Å². The highest BCUT2D eigenvalue weighted by Gasteiger charge is 2.31. The molecule has 2 N–H and O–H groups in total. The number of sulfone groups is 1. The van der Waals surface area contributed by atoms with E-state index in [-0.39, 0.29) is 19.0 Å². The second-order valence-electron chi connectivity index (χ2n) is 9.17. The third-order valence-corrected chi connectivity index (χ3v) is 8.31. The van der Waals surface area contributed by atoms with Gasteiger partial charge in [-0.2, -0.15) is 8.42 Å². The van der Waals surface area contributed by atoms with Crippen molar-refractivity contribution < 1.29 is 40.9 Å². The normalized spacial score (nSPS) is 17.4. The number of aliphatic hydroxyl groups is 1. The number of hydrogen-bond acceptors (Lipinski definition) is 10. The van der Waals surface area contributed by atoms with Gasteiger partial charge < -0.3 is 24.1 Å². The molecule has 0 aliphatic carbocycles. The first-order chi connectivity index (χ1) is 19.0. The Morgan fingerprint density at radius 3 is 2.58 bits per heavy atom. The molecule has 2 aliphatic rings. The van der Waals surface area contributed by atoms with E-state index in [0.29, 0.717) is 46.7 Å². The van der Waals surface area contributed by atoms with E-state index in [9.17, 15) is 21.9 Å². The van der Waals surface area contributed by atoms with Gasteiger partial charge >= 0.3 is 10.2 Å². The SMILES string of the molecule is Cc1nc(OCCCS(C)(=O)=O)ccc1Oc1cccc2c1OC[C@H]2Oc1ccc(N2C=C(O)NS2(=O)=O)cc1. The highest BCUT2D eigenvalue weighted by molar-refractivity contribution is 7.91. The van der Waals surface area contributed by atoms with Crippen molar-refractivity contribution in [2.45, 2.75) is 19.4 Å². The van der Waals surface area contributed by atoms with Crippen LogP contribution in [0.2, 0.25) is 0 Å². The quantitative estimate of drug-likeness (QED) is 0.336. The minimum atomic E-state index is -3.88. The van der Waals surface area contributed by atoms with Crippen LogP contribution < -0.4 is 28.0 Å². The number of pyridine rings is 1. The monoisotopic (exact) mass is 589 g/mol. The molecule has 0 radical (unpaired) electrons. The lowest BCUT2D eigenvalue weighted by Gasteiger charge is -2.16. The largest absolute Gasteiger partial charge is 0.493 e. The number of aliphatic hydroxyl groups excluding tert-OH is 1. The summed E-state index contributed by atoms with van der Waals surface area (Å²) in [5.74, 6) is 2.00. The van der Waals surface area contributed by atoms with Gasteiger partial charge in [-0.3, -0.25) is 0 Å². The molecular weight excluding hydrogens is 562 g/mol. The Hall–Kier alpha value is -4.17. The minimum Gasteiger partial charge on any atom is -0.493 e. The predicted octanol–water partition coefficient (Wildman–Crippen LogP) is 3.52. The van der Waals surface area contributed by atoms with Crippen LogP contribution in [0.25, 0.3) is 0 Å². The summed E-state index contributed by atoms with van der Waals surface area (Å²) in [5.41, 5.74) is 1.71. The average Bonchev–Trinajstić information content (AvgIpc) is 3.42. The van der Waals surface area contributed by atoms with E-state index < -0.39 is 32.0 Å². The van der Waals surface area contributed by atoms with E-state index in [1.54, 1.807) is 49.4 Å². The summed E-state index contributed by atoms with van der Waals surface area (Å²) in [6.07, 6.45) is 2.21. The molecule has 212 valence electrons. The van der Waals surface area contributed by atoms with Crippen molar-refractivity contribution in [3.05, 3.63) is 77.9 Å². The van der Waals surface area contributed by atoms with Crippen LogP contribution in [0.15, 0.2) is 66.7 Å². The summed E-state index contributed by atoms with van der Waals surface area (Å²) in [5, 5.41) is 9.49. The van der Waals surface area contributed by atoms with E-state index >= 15 is 0 Å². The second-order valence-corrected chi connectivity index (χ2v) is 13.0. The first-order valence-corrected chi connectivity index (χ1v) is 15.7. The minimum absolute atomic E-state index is 0.0476. The maximum Gasteiger partial charge on any atom is 0.330 e. The molecule has 2 aliphatic heterocycles. The Morgan fingerprint density at radius 2 is 1.90 bits per heavy atom. The highest BCUT2D eigenvalue weighted by atomic mass is 32.2. The Kier molecular flexibility index (Phi) is 7.38. The van der Waals surface area contributed by atoms with Crippen molar-refractivity contribution in [3.8, 4) is 28.9 Å². The summed E-state index contributed by atoms with van der Waals surface area (Å²) >= 11 is 0. The van der Waals surface area contributed by atoms with Crippen LogP contribution in [-0.4, -0.2) is 52.1 Å². The van der Waals surface area contributed by atoms with Gasteiger partial charge in [0, 0.05) is 17.9 Å². The number of nitrogens with one attached hydrogen (secondary N) is 1. The fourth-order valence-corrected chi connectivity index (χ4v) is 5.83. The van der Waals surface area contributed by atoms with E-state index in [1.807, 2.05) is 16.9 Å². The summed E-state index contributed by atoms with van der Waals surface area (Å²) in [7, 11) is -6.92. The number of aromatic nitrogens is 1. The lowest BCUT2D eigenvalue weighted by molar-refractivity contribution is 0.162. The Bertz CT molecular complexity index is 1660. The molecule has 0 fully saturated rings. The first-order valence-electron chi connectivity index (χ1n) is 12.2. The molecule has 0 saturated heterocycles. The molecule has 12 nitrogen and oxygen atoms in total. The Morgan fingerprint density at radius 1 is 1.12 bits per heavy atom. The lowest BCUT2D eigenvalue weighted by atomic mass is 10.1. The van der Waals surface area contributed by atoms with Gasteiger partial charge in [-0.15, -0.1) is 0 Å². The zero-order chi connectivity index (χ0) is 28.5. The fourth-order valence-electron chi connectivity index (χ4n) is 4.13. The molecular formula is C26H27N3O9S2. The van der Waals surface area contributed by atoms with Crippen molar-refractivity contribution in [2.24, 2.45) is 0 Å². The number of anilines is 1. The Labute approximate surface area is 231 Å². The van der Waals surface area contributed by atoms with E-state index in [1.165, 1.54) is 6.26 Å². The third-order valence-electron chi connectivity index (χ3n) is 5.98. The molecule has 2 aromatic carbocycles. The number of hydrogen-bond donors (Lipinski definition) is 2. The molecule has 1 atom stereocenters. The van der Waals surface area contributed by atoms with Crippen LogP contribution in [-0.2, 0) is 20.0 Å². The molecule has 40 heavy (non-hydrogen) atoms. The van der Waals surface area contributed by atoms with Gasteiger partial charge in [0.15, 0.2) is 17.6 Å². The van der Waals surface area contributed by atoms with Crippen molar-refractivity contribution >= 4 is 25.7 Å². The molecule has 3 aromatic rings. The van der Waals surface area contributed by atoms with E-state index in [0.717, 1.165) is 16.1 Å². The zero-order valence-corrected chi connectivity index (χ0v) is 23.2. The lowest BCUT2D eigenvalue weighted by Crippen LogP contribution is -2.29. The molecule has 0 bridgehead atoms. The van der Waals surface area contributed by atoms with Gasteiger partial charge in [-0.1, -0.05) is 12.1 Å². The molecule has 0 saturated carbocycles. The van der Waals surface area contributed by atoms with Crippen LogP contribution in [0, 0.1) is 6.92 Å². The molecule has 0 spiro atoms. The molecule has 5 rings (SSSR count). The molecule has 0 amide bonds. The molecule has 0 unspecified atom stereocenters. The van der Waals surface area contributed by atoms with Crippen LogP contribution in [0.1, 0.15) is 23.8 Å². The van der Waals surface area contributed by atoms with Crippen molar-refractivity contribution in [2.75, 3.05) is 29.5 Å².